The minimum absolute atomic E-state index is 0.145. The van der Waals surface area contributed by atoms with Crippen LogP contribution in [0.4, 0.5) is 0 Å². The standard InChI is InChI=1S/C18H32O2/c1-17(19)20-16-14-12-10-8-6-5-7-9-11-13-15-18(2,3)4/h5-12,14,16H2,1-4H3. The Bertz CT molecular complexity index is 302. The summed E-state index contributed by atoms with van der Waals surface area (Å²) < 4.78 is 4.90. The Morgan fingerprint density at radius 2 is 1.40 bits per heavy atom. The molecule has 0 rings (SSSR count). The first-order valence-electron chi connectivity index (χ1n) is 8.05. The monoisotopic (exact) mass is 280 g/mol. The summed E-state index contributed by atoms with van der Waals surface area (Å²) in [5.41, 5.74) is 0.145. The van der Waals surface area contributed by atoms with Gasteiger partial charge in [-0.15, -0.1) is 5.92 Å². The van der Waals surface area contributed by atoms with E-state index in [9.17, 15) is 4.79 Å². The minimum Gasteiger partial charge on any atom is -0.466 e. The van der Waals surface area contributed by atoms with Crippen LogP contribution in [-0.2, 0) is 9.53 Å². The number of rotatable bonds is 10. The van der Waals surface area contributed by atoms with Crippen molar-refractivity contribution < 1.29 is 9.53 Å². The van der Waals surface area contributed by atoms with Gasteiger partial charge >= 0.3 is 5.97 Å². The van der Waals surface area contributed by atoms with Crippen molar-refractivity contribution in [2.45, 2.75) is 85.5 Å². The lowest BCUT2D eigenvalue weighted by Gasteiger charge is -2.06. The first kappa shape index (κ1) is 19.0. The number of esters is 1. The highest BCUT2D eigenvalue weighted by Crippen LogP contribution is 2.12. The Hall–Kier alpha value is -0.970. The first-order chi connectivity index (χ1) is 9.42. The molecule has 0 aliphatic carbocycles. The molecule has 116 valence electrons. The molecule has 0 bridgehead atoms. The molecule has 0 atom stereocenters. The van der Waals surface area contributed by atoms with Crippen LogP contribution in [0.2, 0.25) is 0 Å². The number of carbonyl (C=O) groups excluding carboxylic acids is 1. The second-order valence-electron chi connectivity index (χ2n) is 6.47. The van der Waals surface area contributed by atoms with Gasteiger partial charge in [0, 0.05) is 18.8 Å². The second-order valence-corrected chi connectivity index (χ2v) is 6.47. The topological polar surface area (TPSA) is 26.3 Å². The molecule has 0 aromatic rings. The van der Waals surface area contributed by atoms with Gasteiger partial charge in [-0.05, 0) is 33.6 Å². The maximum Gasteiger partial charge on any atom is 0.302 e. The van der Waals surface area contributed by atoms with Gasteiger partial charge in [0.1, 0.15) is 0 Å². The van der Waals surface area contributed by atoms with E-state index in [1.165, 1.54) is 51.9 Å². The van der Waals surface area contributed by atoms with E-state index in [0.717, 1.165) is 12.8 Å². The molecule has 2 nitrogen and oxygen atoms in total. The van der Waals surface area contributed by atoms with Crippen LogP contribution in [0.1, 0.15) is 85.5 Å². The van der Waals surface area contributed by atoms with Crippen molar-refractivity contribution in [3.8, 4) is 11.8 Å². The van der Waals surface area contributed by atoms with Crippen molar-refractivity contribution in [2.24, 2.45) is 5.41 Å². The SMILES string of the molecule is CC(=O)OCCCCCCCCCCC#CC(C)(C)C. The van der Waals surface area contributed by atoms with E-state index in [2.05, 4.69) is 32.6 Å². The largest absolute Gasteiger partial charge is 0.466 e. The predicted octanol–water partition coefficient (Wildman–Crippen LogP) is 5.11. The molecule has 2 heteroatoms. The zero-order valence-corrected chi connectivity index (χ0v) is 13.9. The number of carbonyl (C=O) groups is 1. The highest BCUT2D eigenvalue weighted by Gasteiger charge is 2.02. The van der Waals surface area contributed by atoms with Gasteiger partial charge in [0.15, 0.2) is 0 Å². The summed E-state index contributed by atoms with van der Waals surface area (Å²) in [6.45, 7) is 8.51. The second kappa shape index (κ2) is 11.8. The van der Waals surface area contributed by atoms with Gasteiger partial charge in [-0.1, -0.05) is 44.4 Å². The lowest BCUT2D eigenvalue weighted by molar-refractivity contribution is -0.141. The third-order valence-electron chi connectivity index (χ3n) is 2.96. The highest BCUT2D eigenvalue weighted by atomic mass is 16.5. The van der Waals surface area contributed by atoms with Gasteiger partial charge in [0.2, 0.25) is 0 Å². The van der Waals surface area contributed by atoms with Crippen LogP contribution in [0.3, 0.4) is 0 Å². The molecular weight excluding hydrogens is 248 g/mol. The first-order valence-corrected chi connectivity index (χ1v) is 8.05. The molecule has 0 unspecified atom stereocenters. The quantitative estimate of drug-likeness (QED) is 0.316. The van der Waals surface area contributed by atoms with E-state index < -0.39 is 0 Å². The lowest BCUT2D eigenvalue weighted by atomic mass is 9.97. The van der Waals surface area contributed by atoms with Gasteiger partial charge in [-0.3, -0.25) is 4.79 Å². The fourth-order valence-electron chi connectivity index (χ4n) is 1.92. The zero-order chi connectivity index (χ0) is 15.3. The van der Waals surface area contributed by atoms with Crippen molar-refractivity contribution in [1.29, 1.82) is 0 Å². The molecular formula is C18H32O2. The average molecular weight is 280 g/mol. The Morgan fingerprint density at radius 3 is 1.90 bits per heavy atom. The molecule has 0 fully saturated rings. The summed E-state index contributed by atoms with van der Waals surface area (Å²) in [5, 5.41) is 0. The Balaban J connectivity index is 3.17. The molecule has 0 N–H and O–H groups in total. The Morgan fingerprint density at radius 1 is 0.900 bits per heavy atom. The molecule has 0 aliphatic rings. The van der Waals surface area contributed by atoms with Crippen molar-refractivity contribution in [2.75, 3.05) is 6.61 Å². The third kappa shape index (κ3) is 17.0. The normalized spacial score (nSPS) is 10.8. The summed E-state index contributed by atoms with van der Waals surface area (Å²) in [5.74, 6) is 6.38. The number of ether oxygens (including phenoxy) is 1. The number of hydrogen-bond donors (Lipinski definition) is 0. The maximum atomic E-state index is 10.5. The van der Waals surface area contributed by atoms with E-state index in [1.807, 2.05) is 0 Å². The summed E-state index contributed by atoms with van der Waals surface area (Å²) >= 11 is 0. The van der Waals surface area contributed by atoms with Crippen LogP contribution >= 0.6 is 0 Å². The van der Waals surface area contributed by atoms with E-state index >= 15 is 0 Å². The third-order valence-corrected chi connectivity index (χ3v) is 2.96. The zero-order valence-electron chi connectivity index (χ0n) is 13.9. The molecule has 0 aliphatic heterocycles. The fourth-order valence-corrected chi connectivity index (χ4v) is 1.92. The van der Waals surface area contributed by atoms with Gasteiger partial charge in [-0.2, -0.15) is 0 Å². The highest BCUT2D eigenvalue weighted by molar-refractivity contribution is 5.65. The van der Waals surface area contributed by atoms with E-state index in [4.69, 9.17) is 4.74 Å². The summed E-state index contributed by atoms with van der Waals surface area (Å²) in [7, 11) is 0. The summed E-state index contributed by atoms with van der Waals surface area (Å²) in [4.78, 5) is 10.5. The van der Waals surface area contributed by atoms with E-state index in [-0.39, 0.29) is 11.4 Å². The van der Waals surface area contributed by atoms with Crippen molar-refractivity contribution in [3.63, 3.8) is 0 Å². The van der Waals surface area contributed by atoms with Crippen LogP contribution in [0.25, 0.3) is 0 Å². The van der Waals surface area contributed by atoms with Crippen molar-refractivity contribution in [1.82, 2.24) is 0 Å². The predicted molar refractivity (Wildman–Crippen MR) is 85.4 cm³/mol. The smallest absolute Gasteiger partial charge is 0.302 e. The van der Waals surface area contributed by atoms with E-state index in [0.29, 0.717) is 6.61 Å². The van der Waals surface area contributed by atoms with Crippen molar-refractivity contribution >= 4 is 5.97 Å². The van der Waals surface area contributed by atoms with Gasteiger partial charge < -0.3 is 4.74 Å². The maximum absolute atomic E-state index is 10.5. The molecule has 0 radical (unpaired) electrons. The van der Waals surface area contributed by atoms with Crippen LogP contribution in [0.15, 0.2) is 0 Å². The average Bonchev–Trinajstić information content (AvgIpc) is 2.33. The number of hydrogen-bond acceptors (Lipinski definition) is 2. The molecule has 20 heavy (non-hydrogen) atoms. The molecule has 0 spiro atoms. The lowest BCUT2D eigenvalue weighted by Crippen LogP contribution is -2.00. The summed E-state index contributed by atoms with van der Waals surface area (Å²) in [6.07, 6.45) is 10.9. The fraction of sp³-hybridized carbons (Fsp3) is 0.833. The van der Waals surface area contributed by atoms with E-state index in [1.54, 1.807) is 0 Å². The minimum atomic E-state index is -0.167. The van der Waals surface area contributed by atoms with Crippen LogP contribution in [-0.4, -0.2) is 12.6 Å². The Kier molecular flexibility index (Phi) is 11.3. The molecule has 0 saturated heterocycles. The summed E-state index contributed by atoms with van der Waals surface area (Å²) in [6, 6.07) is 0. The molecule has 0 amide bonds. The van der Waals surface area contributed by atoms with Crippen LogP contribution < -0.4 is 0 Å². The molecule has 0 aromatic carbocycles. The van der Waals surface area contributed by atoms with Gasteiger partial charge in [0.05, 0.1) is 6.61 Å². The Labute approximate surface area is 125 Å². The molecule has 0 aromatic heterocycles. The van der Waals surface area contributed by atoms with Crippen LogP contribution in [0.5, 0.6) is 0 Å². The van der Waals surface area contributed by atoms with Crippen molar-refractivity contribution in [3.05, 3.63) is 0 Å². The molecule has 0 heterocycles. The molecule has 0 saturated carbocycles. The van der Waals surface area contributed by atoms with Crippen LogP contribution in [0, 0.1) is 17.3 Å². The number of unbranched alkanes of at least 4 members (excludes halogenated alkanes) is 8. The van der Waals surface area contributed by atoms with Gasteiger partial charge in [0.25, 0.3) is 0 Å². The van der Waals surface area contributed by atoms with Gasteiger partial charge in [-0.25, -0.2) is 0 Å².